The molecule has 2 rings (SSSR count). The molecule has 1 aromatic heterocycles. The smallest absolute Gasteiger partial charge is 0.309 e. The molecule has 0 aromatic carbocycles. The van der Waals surface area contributed by atoms with Crippen molar-refractivity contribution in [1.82, 2.24) is 15.0 Å². The lowest BCUT2D eigenvalue weighted by Gasteiger charge is -2.20. The van der Waals surface area contributed by atoms with Crippen LogP contribution >= 0.6 is 0 Å². The minimum Gasteiger partial charge on any atom is -0.481 e. The van der Waals surface area contributed by atoms with Gasteiger partial charge < -0.3 is 5.11 Å². The summed E-state index contributed by atoms with van der Waals surface area (Å²) < 4.78 is 1.83. The Morgan fingerprint density at radius 2 is 2.20 bits per heavy atom. The zero-order valence-corrected chi connectivity index (χ0v) is 8.59. The first-order valence-electron chi connectivity index (χ1n) is 5.38. The summed E-state index contributed by atoms with van der Waals surface area (Å²) in [5, 5.41) is 16.5. The molecule has 1 fully saturated rings. The van der Waals surface area contributed by atoms with Crippen molar-refractivity contribution in [2.24, 2.45) is 0 Å². The summed E-state index contributed by atoms with van der Waals surface area (Å²) in [6.07, 6.45) is 7.77. The van der Waals surface area contributed by atoms with Crippen molar-refractivity contribution in [2.45, 2.75) is 44.6 Å². The summed E-state index contributed by atoms with van der Waals surface area (Å²) in [6, 6.07) is 0.425. The van der Waals surface area contributed by atoms with E-state index in [4.69, 9.17) is 5.11 Å². The van der Waals surface area contributed by atoms with Gasteiger partial charge in [0.25, 0.3) is 0 Å². The Balaban J connectivity index is 2.02. The second kappa shape index (κ2) is 4.42. The van der Waals surface area contributed by atoms with Crippen molar-refractivity contribution >= 4 is 5.97 Å². The molecular formula is C10H15N3O2. The molecule has 0 saturated heterocycles. The summed E-state index contributed by atoms with van der Waals surface area (Å²) in [6.45, 7) is 0. The SMILES string of the molecule is O=C(O)Cc1cn(C2CCCCC2)nn1. The van der Waals surface area contributed by atoms with Gasteiger partial charge in [-0.05, 0) is 12.8 Å². The van der Waals surface area contributed by atoms with Gasteiger partial charge in [-0.1, -0.05) is 24.5 Å². The molecule has 1 heterocycles. The first kappa shape index (κ1) is 10.1. The molecule has 15 heavy (non-hydrogen) atoms. The van der Waals surface area contributed by atoms with E-state index in [0.717, 1.165) is 12.8 Å². The van der Waals surface area contributed by atoms with E-state index in [1.165, 1.54) is 19.3 Å². The van der Waals surface area contributed by atoms with Crippen LogP contribution in [0.25, 0.3) is 0 Å². The maximum Gasteiger partial charge on any atom is 0.309 e. The monoisotopic (exact) mass is 209 g/mol. The summed E-state index contributed by atoms with van der Waals surface area (Å²) in [5.41, 5.74) is 0.549. The maximum atomic E-state index is 10.5. The van der Waals surface area contributed by atoms with Gasteiger partial charge in [0.2, 0.25) is 0 Å². The number of nitrogens with zero attached hydrogens (tertiary/aromatic N) is 3. The normalized spacial score (nSPS) is 17.9. The third kappa shape index (κ3) is 2.55. The molecule has 0 amide bonds. The molecule has 1 aliphatic rings. The first-order chi connectivity index (χ1) is 7.25. The molecule has 1 N–H and O–H groups in total. The highest BCUT2D eigenvalue weighted by molar-refractivity contribution is 5.69. The lowest BCUT2D eigenvalue weighted by Crippen LogP contribution is -2.13. The van der Waals surface area contributed by atoms with E-state index in [-0.39, 0.29) is 6.42 Å². The Kier molecular flexibility index (Phi) is 2.99. The zero-order valence-electron chi connectivity index (χ0n) is 8.59. The molecule has 1 saturated carbocycles. The zero-order chi connectivity index (χ0) is 10.7. The van der Waals surface area contributed by atoms with Crippen molar-refractivity contribution in [3.8, 4) is 0 Å². The molecule has 0 unspecified atom stereocenters. The molecule has 5 heteroatoms. The van der Waals surface area contributed by atoms with Crippen LogP contribution in [0.2, 0.25) is 0 Å². The number of aromatic nitrogens is 3. The lowest BCUT2D eigenvalue weighted by atomic mass is 9.96. The van der Waals surface area contributed by atoms with Crippen LogP contribution in [0.15, 0.2) is 6.20 Å². The van der Waals surface area contributed by atoms with E-state index in [1.807, 2.05) is 4.68 Å². The molecular weight excluding hydrogens is 194 g/mol. The molecule has 1 aliphatic carbocycles. The second-order valence-electron chi connectivity index (χ2n) is 4.05. The van der Waals surface area contributed by atoms with Gasteiger partial charge >= 0.3 is 5.97 Å². The minimum absolute atomic E-state index is 0.0350. The Hall–Kier alpha value is -1.39. The van der Waals surface area contributed by atoms with Crippen molar-refractivity contribution < 1.29 is 9.90 Å². The number of aliphatic carboxylic acids is 1. The summed E-state index contributed by atoms with van der Waals surface area (Å²) in [7, 11) is 0. The second-order valence-corrected chi connectivity index (χ2v) is 4.05. The van der Waals surface area contributed by atoms with Gasteiger partial charge in [-0.3, -0.25) is 4.79 Å². The predicted octanol–water partition coefficient (Wildman–Crippen LogP) is 1.41. The molecule has 82 valence electrons. The highest BCUT2D eigenvalue weighted by Gasteiger charge is 2.17. The van der Waals surface area contributed by atoms with Crippen LogP contribution in [0.4, 0.5) is 0 Å². The standard InChI is InChI=1S/C10H15N3O2/c14-10(15)6-8-7-13(12-11-8)9-4-2-1-3-5-9/h7,9H,1-6H2,(H,14,15). The Morgan fingerprint density at radius 3 is 2.87 bits per heavy atom. The minimum atomic E-state index is -0.856. The average molecular weight is 209 g/mol. The number of hydrogen-bond donors (Lipinski definition) is 1. The van der Waals surface area contributed by atoms with E-state index < -0.39 is 5.97 Å². The highest BCUT2D eigenvalue weighted by Crippen LogP contribution is 2.27. The van der Waals surface area contributed by atoms with Crippen molar-refractivity contribution in [3.63, 3.8) is 0 Å². The van der Waals surface area contributed by atoms with Gasteiger partial charge in [-0.15, -0.1) is 5.10 Å². The van der Waals surface area contributed by atoms with Crippen LogP contribution in [0, 0.1) is 0 Å². The van der Waals surface area contributed by atoms with Gasteiger partial charge in [0, 0.05) is 6.20 Å². The van der Waals surface area contributed by atoms with Crippen LogP contribution in [0.1, 0.15) is 43.8 Å². The fourth-order valence-corrected chi connectivity index (χ4v) is 2.07. The van der Waals surface area contributed by atoms with Crippen LogP contribution in [0.5, 0.6) is 0 Å². The van der Waals surface area contributed by atoms with Gasteiger partial charge in [-0.2, -0.15) is 0 Å². The molecule has 0 radical (unpaired) electrons. The molecule has 0 bridgehead atoms. The largest absolute Gasteiger partial charge is 0.481 e. The maximum absolute atomic E-state index is 10.5. The van der Waals surface area contributed by atoms with Crippen LogP contribution in [-0.4, -0.2) is 26.1 Å². The van der Waals surface area contributed by atoms with E-state index in [1.54, 1.807) is 6.20 Å². The average Bonchev–Trinajstić information content (AvgIpc) is 2.67. The van der Waals surface area contributed by atoms with Gasteiger partial charge in [-0.25, -0.2) is 4.68 Å². The van der Waals surface area contributed by atoms with Crippen LogP contribution in [0.3, 0.4) is 0 Å². The highest BCUT2D eigenvalue weighted by atomic mass is 16.4. The quantitative estimate of drug-likeness (QED) is 0.817. The van der Waals surface area contributed by atoms with E-state index in [0.29, 0.717) is 11.7 Å². The Bertz CT molecular complexity index is 342. The van der Waals surface area contributed by atoms with Gasteiger partial charge in [0.05, 0.1) is 18.2 Å². The van der Waals surface area contributed by atoms with Gasteiger partial charge in [0.15, 0.2) is 0 Å². The molecule has 0 atom stereocenters. The molecule has 1 aromatic rings. The predicted molar refractivity (Wildman–Crippen MR) is 53.5 cm³/mol. The number of carbonyl (C=O) groups is 1. The number of carboxylic acid groups (broad SMARTS) is 1. The number of rotatable bonds is 3. The van der Waals surface area contributed by atoms with Crippen molar-refractivity contribution in [1.29, 1.82) is 0 Å². The Labute approximate surface area is 88.1 Å². The Morgan fingerprint density at radius 1 is 1.47 bits per heavy atom. The third-order valence-corrected chi connectivity index (χ3v) is 2.84. The lowest BCUT2D eigenvalue weighted by molar-refractivity contribution is -0.136. The number of hydrogen-bond acceptors (Lipinski definition) is 3. The topological polar surface area (TPSA) is 68.0 Å². The summed E-state index contributed by atoms with van der Waals surface area (Å²) >= 11 is 0. The third-order valence-electron chi connectivity index (χ3n) is 2.84. The fourth-order valence-electron chi connectivity index (χ4n) is 2.07. The molecule has 5 nitrogen and oxygen atoms in total. The van der Waals surface area contributed by atoms with Crippen molar-refractivity contribution in [2.75, 3.05) is 0 Å². The number of carboxylic acids is 1. The fraction of sp³-hybridized carbons (Fsp3) is 0.700. The van der Waals surface area contributed by atoms with E-state index in [9.17, 15) is 4.79 Å². The molecule has 0 aliphatic heterocycles. The van der Waals surface area contributed by atoms with E-state index in [2.05, 4.69) is 10.3 Å². The van der Waals surface area contributed by atoms with Crippen LogP contribution < -0.4 is 0 Å². The van der Waals surface area contributed by atoms with Gasteiger partial charge in [0.1, 0.15) is 0 Å². The molecule has 0 spiro atoms. The summed E-state index contributed by atoms with van der Waals surface area (Å²) in [4.78, 5) is 10.5. The van der Waals surface area contributed by atoms with Crippen molar-refractivity contribution in [3.05, 3.63) is 11.9 Å². The summed E-state index contributed by atoms with van der Waals surface area (Å²) in [5.74, 6) is -0.856. The van der Waals surface area contributed by atoms with Crippen LogP contribution in [-0.2, 0) is 11.2 Å². The van der Waals surface area contributed by atoms with E-state index >= 15 is 0 Å². The first-order valence-corrected chi connectivity index (χ1v) is 5.38.